The lowest BCUT2D eigenvalue weighted by atomic mass is 9.85. The van der Waals surface area contributed by atoms with Crippen molar-refractivity contribution >= 4 is 5.65 Å². The second-order valence-corrected chi connectivity index (χ2v) is 9.16. The molecule has 6 aromatic rings. The molecule has 0 aliphatic carbocycles. The minimum absolute atomic E-state index is 0.228. The van der Waals surface area contributed by atoms with Gasteiger partial charge in [-0.3, -0.25) is 4.98 Å². The van der Waals surface area contributed by atoms with Crippen LogP contribution in [0, 0.1) is 6.92 Å². The first-order valence-electron chi connectivity index (χ1n) is 12.3. The highest BCUT2D eigenvalue weighted by Crippen LogP contribution is 2.49. The number of fused-ring (bicyclic) bond motifs is 4. The zero-order valence-electron chi connectivity index (χ0n) is 20.8. The van der Waals surface area contributed by atoms with Gasteiger partial charge in [-0.05, 0) is 48.4 Å². The molecule has 9 nitrogen and oxygen atoms in total. The Kier molecular flexibility index (Phi) is 5.14. The molecule has 7 rings (SSSR count). The Morgan fingerprint density at radius 1 is 0.947 bits per heavy atom. The molecule has 4 aromatic heterocycles. The minimum atomic E-state index is -0.228. The number of rotatable bonds is 5. The van der Waals surface area contributed by atoms with Crippen LogP contribution in [-0.4, -0.2) is 41.5 Å². The van der Waals surface area contributed by atoms with Crippen LogP contribution in [0.3, 0.4) is 0 Å². The Bertz CT molecular complexity index is 1760. The fourth-order valence-corrected chi connectivity index (χ4v) is 5.05. The summed E-state index contributed by atoms with van der Waals surface area (Å²) in [6, 6.07) is 21.9. The second kappa shape index (κ2) is 8.81. The summed E-state index contributed by atoms with van der Waals surface area (Å²) in [5, 5.41) is 9.60. The third-order valence-electron chi connectivity index (χ3n) is 6.80. The van der Waals surface area contributed by atoms with Crippen LogP contribution in [0.5, 0.6) is 17.5 Å². The van der Waals surface area contributed by atoms with Gasteiger partial charge in [0.05, 0.1) is 35.5 Å². The highest BCUT2D eigenvalue weighted by atomic mass is 16.5. The maximum absolute atomic E-state index is 6.47. The molecular weight excluding hydrogens is 478 g/mol. The van der Waals surface area contributed by atoms with E-state index >= 15 is 0 Å². The Hall–Kier alpha value is -5.05. The number of pyridine rings is 1. The number of para-hydroxylation sites is 1. The Labute approximate surface area is 218 Å². The summed E-state index contributed by atoms with van der Waals surface area (Å²) >= 11 is 0. The predicted molar refractivity (Wildman–Crippen MR) is 140 cm³/mol. The first-order valence-corrected chi connectivity index (χ1v) is 12.3. The molecule has 5 heterocycles. The summed E-state index contributed by atoms with van der Waals surface area (Å²) in [6.07, 6.45) is 5.88. The van der Waals surface area contributed by atoms with Crippen molar-refractivity contribution in [2.45, 2.75) is 19.3 Å². The van der Waals surface area contributed by atoms with Gasteiger partial charge in [0, 0.05) is 18.8 Å². The van der Waals surface area contributed by atoms with E-state index in [1.165, 1.54) is 0 Å². The number of hydrogen-bond donors (Lipinski definition) is 0. The third-order valence-corrected chi connectivity index (χ3v) is 6.80. The number of hydrogen-bond acceptors (Lipinski definition) is 7. The molecule has 0 radical (unpaired) electrons. The van der Waals surface area contributed by atoms with Crippen molar-refractivity contribution < 1.29 is 9.47 Å². The first-order chi connectivity index (χ1) is 18.7. The molecule has 186 valence electrons. The molecule has 2 aromatic carbocycles. The average Bonchev–Trinajstić information content (AvgIpc) is 3.53. The molecule has 9 heteroatoms. The molecule has 0 amide bonds. The number of nitrogens with zero attached hydrogens (tertiary/aromatic N) is 7. The largest absolute Gasteiger partial charge is 0.497 e. The topological polar surface area (TPSA) is 92.3 Å². The molecule has 1 aliphatic heterocycles. The molecule has 38 heavy (non-hydrogen) atoms. The normalized spacial score (nSPS) is 14.1. The average molecular weight is 502 g/mol. The second-order valence-electron chi connectivity index (χ2n) is 9.16. The van der Waals surface area contributed by atoms with Gasteiger partial charge in [0.2, 0.25) is 11.8 Å². The predicted octanol–water partition coefficient (Wildman–Crippen LogP) is 4.90. The van der Waals surface area contributed by atoms with Crippen molar-refractivity contribution in [3.05, 3.63) is 119 Å². The fourth-order valence-electron chi connectivity index (χ4n) is 5.05. The van der Waals surface area contributed by atoms with Gasteiger partial charge in [0.25, 0.3) is 0 Å². The van der Waals surface area contributed by atoms with Gasteiger partial charge in [-0.15, -0.1) is 5.10 Å². The molecule has 0 spiro atoms. The summed E-state index contributed by atoms with van der Waals surface area (Å²) < 4.78 is 15.3. The number of aromatic nitrogens is 7. The molecule has 0 fully saturated rings. The van der Waals surface area contributed by atoms with Crippen LogP contribution in [0.25, 0.3) is 11.3 Å². The van der Waals surface area contributed by atoms with Crippen molar-refractivity contribution in [1.29, 1.82) is 0 Å². The first kappa shape index (κ1) is 22.2. The Balaban J connectivity index is 1.39. The van der Waals surface area contributed by atoms with Crippen LogP contribution in [0.1, 0.15) is 39.7 Å². The summed E-state index contributed by atoms with van der Waals surface area (Å²) in [5.74, 6) is 2.41. The van der Waals surface area contributed by atoms with Crippen LogP contribution in [0.2, 0.25) is 0 Å². The zero-order valence-corrected chi connectivity index (χ0v) is 20.8. The highest BCUT2D eigenvalue weighted by molar-refractivity contribution is 5.66. The van der Waals surface area contributed by atoms with Crippen molar-refractivity contribution in [3.63, 3.8) is 0 Å². The van der Waals surface area contributed by atoms with Crippen LogP contribution in [0.15, 0.2) is 85.5 Å². The van der Waals surface area contributed by atoms with E-state index in [2.05, 4.69) is 16.0 Å². The van der Waals surface area contributed by atoms with Crippen LogP contribution >= 0.6 is 0 Å². The van der Waals surface area contributed by atoms with E-state index < -0.39 is 0 Å². The molecule has 0 N–H and O–H groups in total. The lowest BCUT2D eigenvalue weighted by molar-refractivity contribution is 0.402. The maximum Gasteiger partial charge on any atom is 0.230 e. The standard InChI is InChI=1S/C29H23N7O2/c1-18-24-25(20-7-6-14-30-16-20)26-27-32-23(15-19-10-12-22(37-2)13-11-19)34-35(27)17-31-28(26)38-29(24)36(33-18)21-8-4-3-5-9-21/h3-14,16-17,25H,15H2,1-2H3/t25-/m1/s1. The van der Waals surface area contributed by atoms with Crippen LogP contribution < -0.4 is 9.47 Å². The van der Waals surface area contributed by atoms with E-state index in [4.69, 9.17) is 24.7 Å². The van der Waals surface area contributed by atoms with Gasteiger partial charge in [0.1, 0.15) is 12.1 Å². The SMILES string of the molecule is COc1ccc(Cc2nc3c4c(ncn3n2)Oc2c(c(C)nn2-c2ccccc2)[C@H]4c2cccnc2)cc1. The van der Waals surface area contributed by atoms with Crippen molar-refractivity contribution in [1.82, 2.24) is 34.3 Å². The van der Waals surface area contributed by atoms with Crippen LogP contribution in [-0.2, 0) is 6.42 Å². The number of ether oxygens (including phenoxy) is 2. The smallest absolute Gasteiger partial charge is 0.230 e. The van der Waals surface area contributed by atoms with Crippen molar-refractivity contribution in [2.75, 3.05) is 7.11 Å². The molecule has 0 saturated heterocycles. The molecule has 0 unspecified atom stereocenters. The summed E-state index contributed by atoms with van der Waals surface area (Å²) in [5.41, 5.74) is 6.37. The van der Waals surface area contributed by atoms with Gasteiger partial charge >= 0.3 is 0 Å². The third kappa shape index (κ3) is 3.59. The molecule has 1 atom stereocenters. The van der Waals surface area contributed by atoms with E-state index in [9.17, 15) is 0 Å². The Morgan fingerprint density at radius 2 is 1.79 bits per heavy atom. The van der Waals surface area contributed by atoms with Crippen LogP contribution in [0.4, 0.5) is 0 Å². The number of benzene rings is 2. The lowest BCUT2D eigenvalue weighted by Gasteiger charge is -2.26. The number of aryl methyl sites for hydroxylation is 1. The fraction of sp³-hybridized carbons (Fsp3) is 0.138. The summed E-state index contributed by atoms with van der Waals surface area (Å²) in [6.45, 7) is 2.00. The Morgan fingerprint density at radius 3 is 2.55 bits per heavy atom. The summed E-state index contributed by atoms with van der Waals surface area (Å²) in [7, 11) is 1.66. The highest BCUT2D eigenvalue weighted by Gasteiger charge is 2.38. The monoisotopic (exact) mass is 501 g/mol. The van der Waals surface area contributed by atoms with Gasteiger partial charge < -0.3 is 9.47 Å². The van der Waals surface area contributed by atoms with E-state index in [0.717, 1.165) is 39.4 Å². The molecule has 0 saturated carbocycles. The summed E-state index contributed by atoms with van der Waals surface area (Å²) in [4.78, 5) is 14.0. The van der Waals surface area contributed by atoms with Gasteiger partial charge in [-0.25, -0.2) is 19.2 Å². The van der Waals surface area contributed by atoms with Gasteiger partial charge in [-0.1, -0.05) is 36.4 Å². The van der Waals surface area contributed by atoms with E-state index in [1.54, 1.807) is 24.1 Å². The van der Waals surface area contributed by atoms with E-state index in [1.807, 2.05) is 78.5 Å². The zero-order chi connectivity index (χ0) is 25.6. The van der Waals surface area contributed by atoms with Gasteiger partial charge in [0.15, 0.2) is 11.5 Å². The van der Waals surface area contributed by atoms with Gasteiger partial charge in [-0.2, -0.15) is 5.10 Å². The molecule has 1 aliphatic rings. The van der Waals surface area contributed by atoms with Crippen molar-refractivity contribution in [3.8, 4) is 23.2 Å². The molecular formula is C29H23N7O2. The maximum atomic E-state index is 6.47. The van der Waals surface area contributed by atoms with E-state index in [-0.39, 0.29) is 5.92 Å². The molecule has 0 bridgehead atoms. The van der Waals surface area contributed by atoms with Crippen molar-refractivity contribution in [2.24, 2.45) is 0 Å². The number of methoxy groups -OCH3 is 1. The lowest BCUT2D eigenvalue weighted by Crippen LogP contribution is -2.16. The van der Waals surface area contributed by atoms with E-state index in [0.29, 0.717) is 29.7 Å². The minimum Gasteiger partial charge on any atom is -0.497 e. The quantitative estimate of drug-likeness (QED) is 0.331.